The predicted molar refractivity (Wildman–Crippen MR) is 129 cm³/mol. The van der Waals surface area contributed by atoms with Crippen LogP contribution in [0.5, 0.6) is 0 Å². The number of likely N-dealkylation sites (N-methyl/N-ethyl adjacent to an activating group) is 1. The Morgan fingerprint density at radius 2 is 2.00 bits per heavy atom. The SMILES string of the molecule is CN/C=C(\C(N)=NC1CN(C)C1)c1cnc2ccc(Nc3cc(C(C)C)cnn3)nc2c1. The molecule has 32 heavy (non-hydrogen) atoms. The summed E-state index contributed by atoms with van der Waals surface area (Å²) < 4.78 is 0. The molecule has 0 bridgehead atoms. The van der Waals surface area contributed by atoms with Crippen molar-refractivity contribution in [1.29, 1.82) is 0 Å². The maximum absolute atomic E-state index is 6.35. The van der Waals surface area contributed by atoms with E-state index in [0.29, 0.717) is 23.4 Å². The van der Waals surface area contributed by atoms with Gasteiger partial charge in [0, 0.05) is 43.7 Å². The first-order chi connectivity index (χ1) is 15.4. The molecule has 1 aliphatic heterocycles. The highest BCUT2D eigenvalue weighted by molar-refractivity contribution is 6.22. The zero-order chi connectivity index (χ0) is 22.7. The summed E-state index contributed by atoms with van der Waals surface area (Å²) in [5.41, 5.74) is 10.7. The standard InChI is InChI=1S/C23H29N9/c1-14(2)15-8-22(31-27-10-15)30-21-6-5-19-20(29-21)7-16(9-26-19)18(11-25-3)23(24)28-17-12-32(4)13-17/h5-11,14,17,25H,12-13H2,1-4H3,(H2,24,28)(H,29,30,31)/b18-11-. The van der Waals surface area contributed by atoms with E-state index in [2.05, 4.69) is 56.6 Å². The first-order valence-electron chi connectivity index (χ1n) is 10.7. The molecule has 9 nitrogen and oxygen atoms in total. The van der Waals surface area contributed by atoms with Gasteiger partial charge in [-0.15, -0.1) is 5.10 Å². The third-order valence-corrected chi connectivity index (χ3v) is 5.38. The first kappa shape index (κ1) is 21.6. The fourth-order valence-electron chi connectivity index (χ4n) is 3.58. The van der Waals surface area contributed by atoms with Crippen LogP contribution in [0, 0.1) is 0 Å². The van der Waals surface area contributed by atoms with Gasteiger partial charge < -0.3 is 21.3 Å². The largest absolute Gasteiger partial charge is 0.393 e. The number of likely N-dealkylation sites (tertiary alicyclic amines) is 1. The quantitative estimate of drug-likeness (QED) is 0.386. The minimum atomic E-state index is 0.227. The number of hydrogen-bond acceptors (Lipinski definition) is 8. The van der Waals surface area contributed by atoms with Crippen molar-refractivity contribution in [2.75, 3.05) is 32.5 Å². The first-order valence-corrected chi connectivity index (χ1v) is 10.7. The number of rotatable bonds is 7. The maximum atomic E-state index is 6.35. The van der Waals surface area contributed by atoms with E-state index in [-0.39, 0.29) is 6.04 Å². The van der Waals surface area contributed by atoms with Crippen molar-refractivity contribution in [3.05, 3.63) is 54.0 Å². The summed E-state index contributed by atoms with van der Waals surface area (Å²) in [5.74, 6) is 2.19. The third-order valence-electron chi connectivity index (χ3n) is 5.38. The lowest BCUT2D eigenvalue weighted by Crippen LogP contribution is -2.47. The molecule has 1 aliphatic rings. The average Bonchev–Trinajstić information content (AvgIpc) is 2.76. The average molecular weight is 432 g/mol. The normalized spacial score (nSPS) is 15.8. The summed E-state index contributed by atoms with van der Waals surface area (Å²) >= 11 is 0. The molecule has 0 amide bonds. The Morgan fingerprint density at radius 3 is 2.72 bits per heavy atom. The Bertz CT molecular complexity index is 1160. The summed E-state index contributed by atoms with van der Waals surface area (Å²) in [5, 5.41) is 14.6. The van der Waals surface area contributed by atoms with Crippen LogP contribution in [0.3, 0.4) is 0 Å². The Labute approximate surface area is 187 Å². The molecule has 0 radical (unpaired) electrons. The van der Waals surface area contributed by atoms with Crippen LogP contribution < -0.4 is 16.4 Å². The second kappa shape index (κ2) is 9.27. The lowest BCUT2D eigenvalue weighted by atomic mass is 10.1. The summed E-state index contributed by atoms with van der Waals surface area (Å²) in [4.78, 5) is 16.2. The monoisotopic (exact) mass is 431 g/mol. The molecule has 3 aromatic heterocycles. The Morgan fingerprint density at radius 1 is 1.19 bits per heavy atom. The highest BCUT2D eigenvalue weighted by Crippen LogP contribution is 2.23. The molecular weight excluding hydrogens is 402 g/mol. The molecule has 1 fully saturated rings. The van der Waals surface area contributed by atoms with Crippen molar-refractivity contribution in [2.24, 2.45) is 10.7 Å². The molecule has 0 aromatic carbocycles. The molecule has 0 unspecified atom stereocenters. The van der Waals surface area contributed by atoms with E-state index in [4.69, 9.17) is 10.7 Å². The molecule has 4 heterocycles. The fraction of sp³-hybridized carbons (Fsp3) is 0.348. The van der Waals surface area contributed by atoms with Crippen molar-refractivity contribution in [3.8, 4) is 0 Å². The van der Waals surface area contributed by atoms with Crippen LogP contribution in [-0.2, 0) is 0 Å². The number of aliphatic imine (C=N–C) groups is 1. The molecule has 4 N–H and O–H groups in total. The van der Waals surface area contributed by atoms with E-state index in [1.54, 1.807) is 12.4 Å². The fourth-order valence-corrected chi connectivity index (χ4v) is 3.58. The van der Waals surface area contributed by atoms with Crippen LogP contribution in [0.25, 0.3) is 16.6 Å². The van der Waals surface area contributed by atoms with Crippen molar-refractivity contribution in [3.63, 3.8) is 0 Å². The van der Waals surface area contributed by atoms with Gasteiger partial charge in [-0.05, 0) is 42.8 Å². The van der Waals surface area contributed by atoms with E-state index in [0.717, 1.165) is 40.8 Å². The Hall–Kier alpha value is -3.59. The lowest BCUT2D eigenvalue weighted by Gasteiger charge is -2.33. The minimum Gasteiger partial charge on any atom is -0.393 e. The minimum absolute atomic E-state index is 0.227. The number of nitrogens with one attached hydrogen (secondary N) is 2. The summed E-state index contributed by atoms with van der Waals surface area (Å²) in [6.45, 7) is 6.08. The Balaban J connectivity index is 1.62. The van der Waals surface area contributed by atoms with Crippen molar-refractivity contribution < 1.29 is 0 Å². The summed E-state index contributed by atoms with van der Waals surface area (Å²) in [6, 6.07) is 8.00. The second-order valence-electron chi connectivity index (χ2n) is 8.35. The topological polar surface area (TPSA) is 117 Å². The van der Waals surface area contributed by atoms with E-state index < -0.39 is 0 Å². The van der Waals surface area contributed by atoms with Crippen LogP contribution in [0.15, 0.2) is 47.9 Å². The van der Waals surface area contributed by atoms with Gasteiger partial charge in [-0.3, -0.25) is 9.98 Å². The molecule has 0 aliphatic carbocycles. The number of fused-ring (bicyclic) bond motifs is 1. The van der Waals surface area contributed by atoms with E-state index in [1.807, 2.05) is 37.5 Å². The van der Waals surface area contributed by atoms with Gasteiger partial charge in [-0.1, -0.05) is 13.8 Å². The number of anilines is 2. The van der Waals surface area contributed by atoms with Crippen molar-refractivity contribution in [1.82, 2.24) is 30.4 Å². The van der Waals surface area contributed by atoms with Crippen LogP contribution in [0.1, 0.15) is 30.9 Å². The molecule has 4 rings (SSSR count). The van der Waals surface area contributed by atoms with Gasteiger partial charge in [0.1, 0.15) is 11.7 Å². The highest BCUT2D eigenvalue weighted by Gasteiger charge is 2.23. The zero-order valence-corrected chi connectivity index (χ0v) is 18.9. The molecule has 3 aromatic rings. The van der Waals surface area contributed by atoms with Gasteiger partial charge >= 0.3 is 0 Å². The summed E-state index contributed by atoms with van der Waals surface area (Å²) in [7, 11) is 3.91. The van der Waals surface area contributed by atoms with Crippen molar-refractivity contribution >= 4 is 34.1 Å². The molecule has 166 valence electrons. The van der Waals surface area contributed by atoms with Gasteiger partial charge in [0.25, 0.3) is 0 Å². The van der Waals surface area contributed by atoms with Crippen LogP contribution in [0.2, 0.25) is 0 Å². The maximum Gasteiger partial charge on any atom is 0.154 e. The van der Waals surface area contributed by atoms with E-state index in [1.165, 1.54) is 0 Å². The number of aromatic nitrogens is 4. The van der Waals surface area contributed by atoms with Crippen LogP contribution in [0.4, 0.5) is 11.6 Å². The van der Waals surface area contributed by atoms with E-state index in [9.17, 15) is 0 Å². The Kier molecular flexibility index (Phi) is 6.27. The van der Waals surface area contributed by atoms with Gasteiger partial charge in [0.2, 0.25) is 0 Å². The number of nitrogens with zero attached hydrogens (tertiary/aromatic N) is 6. The van der Waals surface area contributed by atoms with Gasteiger partial charge in [0.05, 0.1) is 23.3 Å². The molecule has 1 saturated heterocycles. The molecule has 0 atom stereocenters. The van der Waals surface area contributed by atoms with Crippen molar-refractivity contribution in [2.45, 2.75) is 25.8 Å². The molecular formula is C23H29N9. The number of amidine groups is 1. The van der Waals surface area contributed by atoms with Gasteiger partial charge in [0.15, 0.2) is 5.82 Å². The van der Waals surface area contributed by atoms with Gasteiger partial charge in [-0.25, -0.2) is 4.98 Å². The smallest absolute Gasteiger partial charge is 0.154 e. The van der Waals surface area contributed by atoms with Gasteiger partial charge in [-0.2, -0.15) is 5.10 Å². The zero-order valence-electron chi connectivity index (χ0n) is 18.9. The number of hydrogen-bond donors (Lipinski definition) is 3. The lowest BCUT2D eigenvalue weighted by molar-refractivity contribution is 0.194. The molecule has 9 heteroatoms. The summed E-state index contributed by atoms with van der Waals surface area (Å²) in [6.07, 6.45) is 5.43. The van der Waals surface area contributed by atoms with Crippen LogP contribution in [-0.4, -0.2) is 64.1 Å². The number of nitrogens with two attached hydrogens (primary N) is 1. The molecule has 0 saturated carbocycles. The third kappa shape index (κ3) is 4.83. The molecule has 0 spiro atoms. The predicted octanol–water partition coefficient (Wildman–Crippen LogP) is 2.52. The number of pyridine rings is 2. The van der Waals surface area contributed by atoms with Crippen LogP contribution >= 0.6 is 0 Å². The second-order valence-corrected chi connectivity index (χ2v) is 8.35. The van der Waals surface area contributed by atoms with E-state index >= 15 is 0 Å². The highest BCUT2D eigenvalue weighted by atomic mass is 15.2.